The van der Waals surface area contributed by atoms with Crippen LogP contribution in [0.4, 0.5) is 0 Å². The first-order valence-electron chi connectivity index (χ1n) is 3.20. The van der Waals surface area contributed by atoms with Gasteiger partial charge < -0.3 is 0 Å². The molecule has 0 spiro atoms. The molecule has 0 amide bonds. The lowest BCUT2D eigenvalue weighted by molar-refractivity contribution is -0.104. The number of hydrogen-bond donors (Lipinski definition) is 0. The van der Waals surface area contributed by atoms with Crippen LogP contribution in [0.2, 0.25) is 0 Å². The summed E-state index contributed by atoms with van der Waals surface area (Å²) in [5.41, 5.74) is 1.06. The molecule has 1 rings (SSSR count). The third-order valence-corrected chi connectivity index (χ3v) is 1.89. The van der Waals surface area contributed by atoms with Crippen molar-refractivity contribution in [3.63, 3.8) is 0 Å². The highest BCUT2D eigenvalue weighted by Crippen LogP contribution is 2.08. The molecule has 56 valence electrons. The Morgan fingerprint density at radius 3 is 2.82 bits per heavy atom. The van der Waals surface area contributed by atoms with Crippen LogP contribution in [-0.2, 0) is 4.79 Å². The number of carbonyl (C=O) groups excluding carboxylic acids is 1. The van der Waals surface area contributed by atoms with Gasteiger partial charge >= 0.3 is 0 Å². The molecule has 0 fully saturated rings. The topological polar surface area (TPSA) is 17.1 Å². The van der Waals surface area contributed by atoms with E-state index in [9.17, 15) is 4.79 Å². The third kappa shape index (κ3) is 2.84. The maximum Gasteiger partial charge on any atom is 0.142 e. The SMILES string of the molecule is O=C/C=C\c1cccc(I)c1. The maximum absolute atomic E-state index is 9.97. The summed E-state index contributed by atoms with van der Waals surface area (Å²) in [6.45, 7) is 0. The molecule has 0 aliphatic carbocycles. The Morgan fingerprint density at radius 1 is 1.36 bits per heavy atom. The van der Waals surface area contributed by atoms with Gasteiger partial charge in [0, 0.05) is 3.57 Å². The fourth-order valence-electron chi connectivity index (χ4n) is 0.761. The number of aldehydes is 1. The highest BCUT2D eigenvalue weighted by atomic mass is 127. The number of rotatable bonds is 2. The Labute approximate surface area is 79.3 Å². The molecule has 0 saturated heterocycles. The molecule has 1 aromatic rings. The number of allylic oxidation sites excluding steroid dienone is 1. The van der Waals surface area contributed by atoms with E-state index in [-0.39, 0.29) is 0 Å². The quantitative estimate of drug-likeness (QED) is 0.452. The summed E-state index contributed by atoms with van der Waals surface area (Å²) in [5.74, 6) is 0. The van der Waals surface area contributed by atoms with Crippen LogP contribution >= 0.6 is 22.6 Å². The van der Waals surface area contributed by atoms with Crippen LogP contribution < -0.4 is 0 Å². The van der Waals surface area contributed by atoms with Gasteiger partial charge in [-0.3, -0.25) is 4.79 Å². The lowest BCUT2D eigenvalue weighted by Crippen LogP contribution is -1.73. The Balaban J connectivity index is 2.87. The first-order chi connectivity index (χ1) is 5.33. The minimum atomic E-state index is 0.778. The van der Waals surface area contributed by atoms with Crippen molar-refractivity contribution in [3.05, 3.63) is 39.5 Å². The summed E-state index contributed by atoms with van der Waals surface area (Å²) >= 11 is 2.23. The van der Waals surface area contributed by atoms with Crippen LogP contribution in [0.1, 0.15) is 5.56 Å². The highest BCUT2D eigenvalue weighted by molar-refractivity contribution is 14.1. The molecule has 1 nitrogen and oxygen atoms in total. The van der Waals surface area contributed by atoms with E-state index in [1.54, 1.807) is 6.08 Å². The number of hydrogen-bond acceptors (Lipinski definition) is 1. The van der Waals surface area contributed by atoms with Crippen LogP contribution in [0.3, 0.4) is 0 Å². The third-order valence-electron chi connectivity index (χ3n) is 1.22. The van der Waals surface area contributed by atoms with E-state index in [0.717, 1.165) is 11.8 Å². The Kier molecular flexibility index (Phi) is 3.29. The molecule has 0 N–H and O–H groups in total. The van der Waals surface area contributed by atoms with Gasteiger partial charge in [0.15, 0.2) is 0 Å². The summed E-state index contributed by atoms with van der Waals surface area (Å²) in [6.07, 6.45) is 4.06. The van der Waals surface area contributed by atoms with Crippen LogP contribution in [0.5, 0.6) is 0 Å². The Hall–Kier alpha value is -0.640. The molecule has 0 atom stereocenters. The van der Waals surface area contributed by atoms with E-state index in [4.69, 9.17) is 0 Å². The molecule has 1 aromatic carbocycles. The predicted octanol–water partition coefficient (Wildman–Crippen LogP) is 2.50. The van der Waals surface area contributed by atoms with E-state index >= 15 is 0 Å². The molecular formula is C9H7IO. The van der Waals surface area contributed by atoms with Crippen LogP contribution in [0, 0.1) is 3.57 Å². The van der Waals surface area contributed by atoms with Crippen molar-refractivity contribution in [2.24, 2.45) is 0 Å². The zero-order valence-corrected chi connectivity index (χ0v) is 7.99. The zero-order chi connectivity index (χ0) is 8.10. The average molecular weight is 258 g/mol. The number of halogens is 1. The second-order valence-electron chi connectivity index (χ2n) is 2.05. The number of benzene rings is 1. The van der Waals surface area contributed by atoms with Gasteiger partial charge in [-0.1, -0.05) is 18.2 Å². The molecule has 0 unspecified atom stereocenters. The fraction of sp³-hybridized carbons (Fsp3) is 0. The molecule has 11 heavy (non-hydrogen) atoms. The Morgan fingerprint density at radius 2 is 2.18 bits per heavy atom. The minimum Gasteiger partial charge on any atom is -0.299 e. The highest BCUT2D eigenvalue weighted by Gasteiger charge is 1.86. The zero-order valence-electron chi connectivity index (χ0n) is 5.83. The van der Waals surface area contributed by atoms with E-state index in [2.05, 4.69) is 22.6 Å². The molecule has 2 heteroatoms. The molecule has 0 heterocycles. The molecular weight excluding hydrogens is 251 g/mol. The van der Waals surface area contributed by atoms with E-state index < -0.39 is 0 Å². The van der Waals surface area contributed by atoms with Gasteiger partial charge in [-0.25, -0.2) is 0 Å². The van der Waals surface area contributed by atoms with Gasteiger partial charge in [-0.15, -0.1) is 0 Å². The second kappa shape index (κ2) is 4.28. The first-order valence-corrected chi connectivity index (χ1v) is 4.28. The average Bonchev–Trinajstić information content (AvgIpc) is 2.01. The first kappa shape index (κ1) is 8.46. The van der Waals surface area contributed by atoms with Crippen molar-refractivity contribution < 1.29 is 4.79 Å². The van der Waals surface area contributed by atoms with Crippen molar-refractivity contribution in [1.29, 1.82) is 0 Å². The molecule has 0 aromatic heterocycles. The van der Waals surface area contributed by atoms with E-state index in [1.165, 1.54) is 9.65 Å². The summed E-state index contributed by atoms with van der Waals surface area (Å²) in [5, 5.41) is 0. The Bertz CT molecular complexity index is 279. The molecule has 0 radical (unpaired) electrons. The lowest BCUT2D eigenvalue weighted by atomic mass is 10.2. The fourth-order valence-corrected chi connectivity index (χ4v) is 1.33. The lowest BCUT2D eigenvalue weighted by Gasteiger charge is -1.91. The van der Waals surface area contributed by atoms with Gasteiger partial charge in [0.2, 0.25) is 0 Å². The minimum absolute atomic E-state index is 0.778. The van der Waals surface area contributed by atoms with Gasteiger partial charge in [0.1, 0.15) is 6.29 Å². The van der Waals surface area contributed by atoms with Crippen LogP contribution in [-0.4, -0.2) is 6.29 Å². The van der Waals surface area contributed by atoms with Crippen molar-refractivity contribution in [1.82, 2.24) is 0 Å². The van der Waals surface area contributed by atoms with Gasteiger partial charge in [0.05, 0.1) is 0 Å². The van der Waals surface area contributed by atoms with Gasteiger partial charge in [-0.05, 0) is 46.4 Å². The standard InChI is InChI=1S/C9H7IO/c10-9-5-1-3-8(7-9)4-2-6-11/h1-7H/b4-2-. The smallest absolute Gasteiger partial charge is 0.142 e. The normalized spacial score (nSPS) is 10.3. The van der Waals surface area contributed by atoms with Gasteiger partial charge in [0.25, 0.3) is 0 Å². The second-order valence-corrected chi connectivity index (χ2v) is 3.30. The molecule has 0 saturated carbocycles. The molecule has 0 bridgehead atoms. The molecule has 0 aliphatic heterocycles. The maximum atomic E-state index is 9.97. The summed E-state index contributed by atoms with van der Waals surface area (Å²) in [6, 6.07) is 7.95. The largest absolute Gasteiger partial charge is 0.299 e. The predicted molar refractivity (Wildman–Crippen MR) is 54.3 cm³/mol. The van der Waals surface area contributed by atoms with Crippen LogP contribution in [0.25, 0.3) is 6.08 Å². The van der Waals surface area contributed by atoms with Crippen LogP contribution in [0.15, 0.2) is 30.3 Å². The van der Waals surface area contributed by atoms with Crippen molar-refractivity contribution in [2.45, 2.75) is 0 Å². The molecule has 0 aliphatic rings. The summed E-state index contributed by atoms with van der Waals surface area (Å²) in [7, 11) is 0. The van der Waals surface area contributed by atoms with E-state index in [0.29, 0.717) is 0 Å². The summed E-state index contributed by atoms with van der Waals surface area (Å²) < 4.78 is 1.18. The van der Waals surface area contributed by atoms with Crippen molar-refractivity contribution >= 4 is 35.0 Å². The summed E-state index contributed by atoms with van der Waals surface area (Å²) in [4.78, 5) is 9.97. The van der Waals surface area contributed by atoms with Crippen molar-refractivity contribution in [2.75, 3.05) is 0 Å². The van der Waals surface area contributed by atoms with E-state index in [1.807, 2.05) is 24.3 Å². The van der Waals surface area contributed by atoms with Gasteiger partial charge in [-0.2, -0.15) is 0 Å². The van der Waals surface area contributed by atoms with Crippen molar-refractivity contribution in [3.8, 4) is 0 Å². The monoisotopic (exact) mass is 258 g/mol. The number of carbonyl (C=O) groups is 1.